The van der Waals surface area contributed by atoms with Crippen LogP contribution in [0.3, 0.4) is 0 Å². The van der Waals surface area contributed by atoms with Crippen molar-refractivity contribution >= 4 is 22.2 Å². The molecule has 0 spiro atoms. The van der Waals surface area contributed by atoms with E-state index >= 15 is 0 Å². The quantitative estimate of drug-likeness (QED) is 0.531. The summed E-state index contributed by atoms with van der Waals surface area (Å²) >= 11 is 0. The number of rotatable bonds is 4. The van der Waals surface area contributed by atoms with Crippen LogP contribution in [0, 0.1) is 5.82 Å². The third-order valence-electron chi connectivity index (χ3n) is 6.62. The first-order valence-corrected chi connectivity index (χ1v) is 10.9. The highest BCUT2D eigenvalue weighted by atomic mass is 19.1. The molecule has 2 saturated heterocycles. The van der Waals surface area contributed by atoms with Crippen LogP contribution in [0.15, 0.2) is 43.0 Å². The first-order valence-electron chi connectivity index (χ1n) is 10.9. The van der Waals surface area contributed by atoms with Gasteiger partial charge in [0.15, 0.2) is 17.2 Å². The predicted molar refractivity (Wildman–Crippen MR) is 120 cm³/mol. The smallest absolute Gasteiger partial charge is 0.167 e. The van der Waals surface area contributed by atoms with E-state index in [0.29, 0.717) is 11.6 Å². The summed E-state index contributed by atoms with van der Waals surface area (Å²) in [7, 11) is 1.46. The SMILES string of the molecule is COc1cc2c(-c3cnn4cc(N5CCC(N6CNC6)CC5)cnc34)ccnc2cc1F. The summed E-state index contributed by atoms with van der Waals surface area (Å²) in [6.45, 7) is 4.05. The van der Waals surface area contributed by atoms with Crippen molar-refractivity contribution in [2.75, 3.05) is 38.4 Å². The highest BCUT2D eigenvalue weighted by Crippen LogP contribution is 2.34. The molecule has 9 heteroatoms. The van der Waals surface area contributed by atoms with Gasteiger partial charge in [-0.2, -0.15) is 5.10 Å². The minimum absolute atomic E-state index is 0.191. The van der Waals surface area contributed by atoms with Gasteiger partial charge in [-0.25, -0.2) is 13.9 Å². The number of fused-ring (bicyclic) bond motifs is 2. The van der Waals surface area contributed by atoms with Crippen molar-refractivity contribution in [3.8, 4) is 16.9 Å². The molecule has 0 amide bonds. The lowest BCUT2D eigenvalue weighted by Crippen LogP contribution is -2.58. The molecular formula is C23H24FN7O. The maximum Gasteiger partial charge on any atom is 0.167 e. The van der Waals surface area contributed by atoms with E-state index in [2.05, 4.69) is 25.2 Å². The maximum atomic E-state index is 14.2. The summed E-state index contributed by atoms with van der Waals surface area (Å²) in [4.78, 5) is 13.9. The van der Waals surface area contributed by atoms with Gasteiger partial charge in [0, 0.05) is 42.3 Å². The minimum Gasteiger partial charge on any atom is -0.494 e. The first kappa shape index (κ1) is 19.4. The molecular weight excluding hydrogens is 409 g/mol. The fourth-order valence-corrected chi connectivity index (χ4v) is 4.75. The molecule has 3 aromatic heterocycles. The zero-order chi connectivity index (χ0) is 21.7. The number of pyridine rings is 1. The molecule has 8 nitrogen and oxygen atoms in total. The third kappa shape index (κ3) is 3.16. The number of anilines is 1. The van der Waals surface area contributed by atoms with Gasteiger partial charge >= 0.3 is 0 Å². The van der Waals surface area contributed by atoms with Gasteiger partial charge in [-0.1, -0.05) is 0 Å². The predicted octanol–water partition coefficient (Wildman–Crippen LogP) is 2.88. The standard InChI is InChI=1S/C23H24FN7O/c1-32-22-8-18-17(2-5-26-21(18)9-20(22)24)19-11-28-31-12-16(10-27-23(19)31)29-6-3-15(4-7-29)30-13-25-14-30/h2,5,8-12,15,25H,3-4,6-7,13-14H2,1H3. The van der Waals surface area contributed by atoms with Crippen LogP contribution < -0.4 is 15.0 Å². The molecule has 1 N–H and O–H groups in total. The molecule has 4 aromatic rings. The zero-order valence-electron chi connectivity index (χ0n) is 17.8. The average Bonchev–Trinajstić information content (AvgIpc) is 3.20. The number of hydrogen-bond donors (Lipinski definition) is 1. The Hall–Kier alpha value is -3.30. The minimum atomic E-state index is -0.429. The largest absolute Gasteiger partial charge is 0.494 e. The van der Waals surface area contributed by atoms with E-state index in [1.54, 1.807) is 18.5 Å². The number of methoxy groups -OCH3 is 1. The van der Waals surface area contributed by atoms with Crippen molar-refractivity contribution in [1.82, 2.24) is 29.8 Å². The second-order valence-corrected chi connectivity index (χ2v) is 8.37. The lowest BCUT2D eigenvalue weighted by molar-refractivity contribution is 0.0683. The number of benzene rings is 1. The van der Waals surface area contributed by atoms with E-state index in [4.69, 9.17) is 9.72 Å². The summed E-state index contributed by atoms with van der Waals surface area (Å²) in [6.07, 6.45) is 9.77. The molecule has 0 bridgehead atoms. The summed E-state index contributed by atoms with van der Waals surface area (Å²) in [5, 5.41) is 8.69. The number of nitrogens with one attached hydrogen (secondary N) is 1. The van der Waals surface area contributed by atoms with Crippen molar-refractivity contribution < 1.29 is 9.13 Å². The topological polar surface area (TPSA) is 70.8 Å². The molecule has 6 rings (SSSR count). The van der Waals surface area contributed by atoms with Crippen LogP contribution in [0.5, 0.6) is 5.75 Å². The molecule has 5 heterocycles. The fraction of sp³-hybridized carbons (Fsp3) is 0.348. The van der Waals surface area contributed by atoms with E-state index in [-0.39, 0.29) is 5.75 Å². The van der Waals surface area contributed by atoms with Gasteiger partial charge in [0.05, 0.1) is 50.2 Å². The molecule has 0 radical (unpaired) electrons. The number of aromatic nitrogens is 4. The van der Waals surface area contributed by atoms with Gasteiger partial charge in [0.25, 0.3) is 0 Å². The van der Waals surface area contributed by atoms with Crippen LogP contribution in [-0.4, -0.2) is 64.1 Å². The molecule has 0 aliphatic carbocycles. The molecule has 32 heavy (non-hydrogen) atoms. The first-order chi connectivity index (χ1) is 15.7. The summed E-state index contributed by atoms with van der Waals surface area (Å²) < 4.78 is 21.2. The van der Waals surface area contributed by atoms with E-state index < -0.39 is 5.82 Å². The highest BCUT2D eigenvalue weighted by Gasteiger charge is 2.28. The number of halogens is 1. The Balaban J connectivity index is 1.32. The Morgan fingerprint density at radius 1 is 1.09 bits per heavy atom. The lowest BCUT2D eigenvalue weighted by atomic mass is 10.0. The molecule has 2 aliphatic heterocycles. The summed E-state index contributed by atoms with van der Waals surface area (Å²) in [6, 6.07) is 5.65. The van der Waals surface area contributed by atoms with E-state index in [0.717, 1.165) is 67.1 Å². The Bertz CT molecular complexity index is 1290. The molecule has 2 aliphatic rings. The molecule has 2 fully saturated rings. The second-order valence-electron chi connectivity index (χ2n) is 8.37. The van der Waals surface area contributed by atoms with E-state index in [1.807, 2.05) is 23.0 Å². The van der Waals surface area contributed by atoms with Crippen LogP contribution in [0.2, 0.25) is 0 Å². The van der Waals surface area contributed by atoms with Gasteiger partial charge in [-0.05, 0) is 30.5 Å². The number of hydrogen-bond acceptors (Lipinski definition) is 7. The van der Waals surface area contributed by atoms with Crippen molar-refractivity contribution in [2.24, 2.45) is 0 Å². The van der Waals surface area contributed by atoms with Crippen LogP contribution >= 0.6 is 0 Å². The normalized spacial score (nSPS) is 17.8. The highest BCUT2D eigenvalue weighted by molar-refractivity contribution is 5.98. The van der Waals surface area contributed by atoms with Crippen LogP contribution in [0.4, 0.5) is 10.1 Å². The molecule has 1 aromatic carbocycles. The Morgan fingerprint density at radius 3 is 2.69 bits per heavy atom. The van der Waals surface area contributed by atoms with E-state index in [1.165, 1.54) is 13.2 Å². The Kier molecular flexibility index (Phi) is 4.65. The maximum absolute atomic E-state index is 14.2. The molecule has 164 valence electrons. The van der Waals surface area contributed by atoms with Crippen molar-refractivity contribution in [1.29, 1.82) is 0 Å². The van der Waals surface area contributed by atoms with Crippen molar-refractivity contribution in [2.45, 2.75) is 18.9 Å². The van der Waals surface area contributed by atoms with Crippen molar-refractivity contribution in [3.05, 3.63) is 48.8 Å². The van der Waals surface area contributed by atoms with E-state index in [9.17, 15) is 4.39 Å². The molecule has 0 unspecified atom stereocenters. The van der Waals surface area contributed by atoms with Gasteiger partial charge < -0.3 is 9.64 Å². The monoisotopic (exact) mass is 433 g/mol. The Labute approximate surface area is 184 Å². The third-order valence-corrected chi connectivity index (χ3v) is 6.62. The van der Waals surface area contributed by atoms with Crippen LogP contribution in [0.25, 0.3) is 27.7 Å². The lowest BCUT2D eigenvalue weighted by Gasteiger charge is -2.43. The number of nitrogens with zero attached hydrogens (tertiary/aromatic N) is 6. The number of piperidine rings is 1. The summed E-state index contributed by atoms with van der Waals surface area (Å²) in [5.74, 6) is -0.239. The van der Waals surface area contributed by atoms with Crippen LogP contribution in [-0.2, 0) is 0 Å². The van der Waals surface area contributed by atoms with Crippen molar-refractivity contribution in [3.63, 3.8) is 0 Å². The summed E-state index contributed by atoms with van der Waals surface area (Å²) in [5.41, 5.74) is 4.17. The number of ether oxygens (including phenoxy) is 1. The van der Waals surface area contributed by atoms with Gasteiger partial charge in [0.1, 0.15) is 0 Å². The second kappa shape index (κ2) is 7.68. The fourth-order valence-electron chi connectivity index (χ4n) is 4.75. The van der Waals surface area contributed by atoms with Gasteiger partial charge in [0.2, 0.25) is 0 Å². The molecule has 0 atom stereocenters. The van der Waals surface area contributed by atoms with Gasteiger partial charge in [-0.15, -0.1) is 0 Å². The average molecular weight is 433 g/mol. The van der Waals surface area contributed by atoms with Gasteiger partial charge in [-0.3, -0.25) is 15.2 Å². The molecule has 0 saturated carbocycles. The van der Waals surface area contributed by atoms with Crippen LogP contribution in [0.1, 0.15) is 12.8 Å². The zero-order valence-corrected chi connectivity index (χ0v) is 17.8. The Morgan fingerprint density at radius 2 is 1.94 bits per heavy atom.